The van der Waals surface area contributed by atoms with Crippen LogP contribution in [0.15, 0.2) is 57.8 Å². The van der Waals surface area contributed by atoms with Gasteiger partial charge in [0.05, 0.1) is 16.6 Å². The second kappa shape index (κ2) is 5.45. The molecule has 114 valence electrons. The lowest BCUT2D eigenvalue weighted by Crippen LogP contribution is -1.99. The molecule has 2 heterocycles. The van der Waals surface area contributed by atoms with Crippen molar-refractivity contribution in [3.05, 3.63) is 64.8 Å². The van der Waals surface area contributed by atoms with Gasteiger partial charge in [-0.2, -0.15) is 4.98 Å². The van der Waals surface area contributed by atoms with Gasteiger partial charge in [-0.25, -0.2) is 4.79 Å². The van der Waals surface area contributed by atoms with Crippen LogP contribution in [0.25, 0.3) is 22.5 Å². The van der Waals surface area contributed by atoms with Crippen molar-refractivity contribution in [3.8, 4) is 17.2 Å². The van der Waals surface area contributed by atoms with Crippen molar-refractivity contribution in [2.24, 2.45) is 0 Å². The summed E-state index contributed by atoms with van der Waals surface area (Å²) in [6, 6.07) is 14.8. The molecule has 2 aromatic heterocycles. The Morgan fingerprint density at radius 1 is 1.04 bits per heavy atom. The van der Waals surface area contributed by atoms with Crippen LogP contribution in [0.4, 0.5) is 0 Å². The number of aromatic amines is 2. The maximum Gasteiger partial charge on any atom is 0.323 e. The van der Waals surface area contributed by atoms with Crippen LogP contribution in [0.1, 0.15) is 5.82 Å². The van der Waals surface area contributed by atoms with Crippen LogP contribution in [-0.2, 0) is 6.61 Å². The highest BCUT2D eigenvalue weighted by Gasteiger charge is 2.14. The maximum absolute atomic E-state index is 11.4. The second-order valence-electron chi connectivity index (χ2n) is 4.92. The lowest BCUT2D eigenvalue weighted by molar-refractivity contribution is 0.287. The van der Waals surface area contributed by atoms with Gasteiger partial charge in [0.1, 0.15) is 5.75 Å². The molecule has 7 heteroatoms. The minimum absolute atomic E-state index is 0.202. The summed E-state index contributed by atoms with van der Waals surface area (Å²) in [5.74, 6) is 1.49. The van der Waals surface area contributed by atoms with Gasteiger partial charge in [-0.1, -0.05) is 29.4 Å². The van der Waals surface area contributed by atoms with Crippen molar-refractivity contribution in [1.82, 2.24) is 20.1 Å². The highest BCUT2D eigenvalue weighted by atomic mass is 16.5. The number of ether oxygens (including phenoxy) is 1. The fourth-order valence-corrected chi connectivity index (χ4v) is 2.32. The molecule has 2 aromatic carbocycles. The number of benzene rings is 2. The molecule has 0 aliphatic carbocycles. The molecule has 0 spiro atoms. The molecule has 0 radical (unpaired) electrons. The second-order valence-corrected chi connectivity index (χ2v) is 4.92. The largest absolute Gasteiger partial charge is 0.485 e. The van der Waals surface area contributed by atoms with Crippen molar-refractivity contribution in [1.29, 1.82) is 0 Å². The third-order valence-electron chi connectivity index (χ3n) is 3.36. The summed E-state index contributed by atoms with van der Waals surface area (Å²) in [6.45, 7) is 0.202. The Balaban J connectivity index is 1.61. The van der Waals surface area contributed by atoms with Gasteiger partial charge < -0.3 is 19.2 Å². The Bertz CT molecular complexity index is 1000. The molecule has 0 aliphatic heterocycles. The van der Waals surface area contributed by atoms with E-state index in [0.717, 1.165) is 5.75 Å². The van der Waals surface area contributed by atoms with Crippen molar-refractivity contribution in [2.75, 3.05) is 0 Å². The fourth-order valence-electron chi connectivity index (χ4n) is 2.32. The van der Waals surface area contributed by atoms with Gasteiger partial charge in [-0.3, -0.25) is 0 Å². The van der Waals surface area contributed by atoms with E-state index in [1.165, 1.54) is 0 Å². The molecule has 0 atom stereocenters. The van der Waals surface area contributed by atoms with Crippen LogP contribution in [0, 0.1) is 0 Å². The summed E-state index contributed by atoms with van der Waals surface area (Å²) in [6.07, 6.45) is 0. The zero-order valence-electron chi connectivity index (χ0n) is 11.9. The number of nitrogens with one attached hydrogen (secondary N) is 2. The number of rotatable bonds is 4. The molecular weight excluding hydrogens is 296 g/mol. The van der Waals surface area contributed by atoms with Crippen LogP contribution in [0.5, 0.6) is 5.75 Å². The van der Waals surface area contributed by atoms with Crippen LogP contribution in [0.3, 0.4) is 0 Å². The number of nitrogens with zero attached hydrogens (tertiary/aromatic N) is 2. The number of para-hydroxylation sites is 2. The summed E-state index contributed by atoms with van der Waals surface area (Å²) < 4.78 is 10.9. The molecule has 0 amide bonds. The molecule has 4 aromatic rings. The van der Waals surface area contributed by atoms with E-state index in [-0.39, 0.29) is 12.3 Å². The number of hydrogen-bond donors (Lipinski definition) is 2. The van der Waals surface area contributed by atoms with Crippen molar-refractivity contribution < 1.29 is 9.26 Å². The Labute approximate surface area is 129 Å². The first-order valence-corrected chi connectivity index (χ1v) is 7.01. The number of hydrogen-bond acceptors (Lipinski definition) is 5. The number of aromatic nitrogens is 4. The number of H-pyrrole nitrogens is 2. The molecule has 0 saturated heterocycles. The minimum atomic E-state index is -0.278. The predicted octanol–water partition coefficient (Wildman–Crippen LogP) is 2.49. The molecular formula is C16H12N4O3. The predicted molar refractivity (Wildman–Crippen MR) is 83.0 cm³/mol. The summed E-state index contributed by atoms with van der Waals surface area (Å²) in [7, 11) is 0. The third-order valence-corrected chi connectivity index (χ3v) is 3.36. The highest BCUT2D eigenvalue weighted by molar-refractivity contribution is 5.88. The van der Waals surface area contributed by atoms with Crippen LogP contribution in [0.2, 0.25) is 0 Å². The van der Waals surface area contributed by atoms with Crippen molar-refractivity contribution >= 4 is 11.0 Å². The lowest BCUT2D eigenvalue weighted by atomic mass is 10.2. The lowest BCUT2D eigenvalue weighted by Gasteiger charge is -2.01. The summed E-state index contributed by atoms with van der Waals surface area (Å²) in [4.78, 5) is 21.2. The fraction of sp³-hybridized carbons (Fsp3) is 0.0625. The number of imidazole rings is 1. The Morgan fingerprint density at radius 3 is 2.78 bits per heavy atom. The van der Waals surface area contributed by atoms with E-state index in [1.54, 1.807) is 6.07 Å². The van der Waals surface area contributed by atoms with E-state index in [9.17, 15) is 4.79 Å². The smallest absolute Gasteiger partial charge is 0.323 e. The normalized spacial score (nSPS) is 11.0. The van der Waals surface area contributed by atoms with Gasteiger partial charge >= 0.3 is 5.69 Å². The maximum atomic E-state index is 11.4. The first kappa shape index (κ1) is 13.3. The third kappa shape index (κ3) is 2.59. The van der Waals surface area contributed by atoms with Crippen LogP contribution < -0.4 is 10.4 Å². The van der Waals surface area contributed by atoms with Crippen LogP contribution >= 0.6 is 0 Å². The standard InChI is InChI=1S/C16H12N4O3/c21-16-17-12-8-4-7-11(14(12)19-16)15-18-13(20-23-15)9-22-10-5-2-1-3-6-10/h1-8H,9H2,(H2,17,19,21). The topological polar surface area (TPSA) is 96.8 Å². The van der Waals surface area contributed by atoms with E-state index in [2.05, 4.69) is 20.1 Å². The Kier molecular flexibility index (Phi) is 3.16. The Morgan fingerprint density at radius 2 is 1.91 bits per heavy atom. The summed E-state index contributed by atoms with van der Waals surface area (Å²) in [5.41, 5.74) is 1.71. The molecule has 23 heavy (non-hydrogen) atoms. The van der Waals surface area contributed by atoms with Crippen molar-refractivity contribution in [3.63, 3.8) is 0 Å². The average Bonchev–Trinajstić information content (AvgIpc) is 3.19. The van der Waals surface area contributed by atoms with Gasteiger partial charge in [0.2, 0.25) is 5.82 Å². The average molecular weight is 308 g/mol. The quantitative estimate of drug-likeness (QED) is 0.603. The molecule has 7 nitrogen and oxygen atoms in total. The first-order chi connectivity index (χ1) is 11.3. The summed E-state index contributed by atoms with van der Waals surface area (Å²) in [5, 5.41) is 3.91. The van der Waals surface area contributed by atoms with E-state index < -0.39 is 0 Å². The molecule has 2 N–H and O–H groups in total. The van der Waals surface area contributed by atoms with E-state index >= 15 is 0 Å². The zero-order chi connectivity index (χ0) is 15.6. The SMILES string of the molecule is O=c1[nH]c2cccc(-c3nc(COc4ccccc4)no3)c2[nH]1. The molecule has 0 fully saturated rings. The monoisotopic (exact) mass is 308 g/mol. The van der Waals surface area contributed by atoms with Gasteiger partial charge in [-0.05, 0) is 24.3 Å². The molecule has 0 unspecified atom stereocenters. The Hall–Kier alpha value is -3.35. The van der Waals surface area contributed by atoms with Crippen molar-refractivity contribution in [2.45, 2.75) is 6.61 Å². The van der Waals surface area contributed by atoms with E-state index in [0.29, 0.717) is 28.3 Å². The summed E-state index contributed by atoms with van der Waals surface area (Å²) >= 11 is 0. The van der Waals surface area contributed by atoms with E-state index in [4.69, 9.17) is 9.26 Å². The highest BCUT2D eigenvalue weighted by Crippen LogP contribution is 2.24. The van der Waals surface area contributed by atoms with Crippen LogP contribution in [-0.4, -0.2) is 20.1 Å². The molecule has 0 saturated carbocycles. The molecule has 0 aliphatic rings. The van der Waals surface area contributed by atoms with Gasteiger partial charge in [0.25, 0.3) is 5.89 Å². The molecule has 0 bridgehead atoms. The van der Waals surface area contributed by atoms with E-state index in [1.807, 2.05) is 42.5 Å². The van der Waals surface area contributed by atoms with Gasteiger partial charge in [-0.15, -0.1) is 0 Å². The van der Waals surface area contributed by atoms with Gasteiger partial charge in [0, 0.05) is 0 Å². The minimum Gasteiger partial charge on any atom is -0.485 e. The van der Waals surface area contributed by atoms with Gasteiger partial charge in [0.15, 0.2) is 6.61 Å². The zero-order valence-corrected chi connectivity index (χ0v) is 11.9. The molecule has 4 rings (SSSR count). The first-order valence-electron chi connectivity index (χ1n) is 7.01. The number of fused-ring (bicyclic) bond motifs is 1.